The second kappa shape index (κ2) is 5.86. The van der Waals surface area contributed by atoms with Crippen LogP contribution in [0.25, 0.3) is 0 Å². The van der Waals surface area contributed by atoms with Crippen LogP contribution in [0, 0.1) is 5.82 Å². The van der Waals surface area contributed by atoms with Gasteiger partial charge in [0.1, 0.15) is 10.8 Å². The topological polar surface area (TPSA) is 38.0 Å². The largest absolute Gasteiger partial charge is 0.389 e. The standard InChI is InChI=1S/C13H9BrClFN2S/c14-12-9(15)2-1-3-11(12)18-7-4-5-8(13(17)19)10(16)6-7/h1-6,18H,(H2,17,19). The Kier molecular flexibility index (Phi) is 4.39. The van der Waals surface area contributed by atoms with Crippen LogP contribution in [-0.4, -0.2) is 4.99 Å². The molecule has 2 aromatic carbocycles. The number of benzene rings is 2. The summed E-state index contributed by atoms with van der Waals surface area (Å²) in [6.45, 7) is 0. The summed E-state index contributed by atoms with van der Waals surface area (Å²) in [6, 6.07) is 9.96. The van der Waals surface area contributed by atoms with Crippen molar-refractivity contribution in [3.05, 3.63) is 57.3 Å². The normalized spacial score (nSPS) is 10.3. The van der Waals surface area contributed by atoms with E-state index in [0.717, 1.165) is 10.2 Å². The van der Waals surface area contributed by atoms with Crippen molar-refractivity contribution >= 4 is 56.1 Å². The van der Waals surface area contributed by atoms with Crippen LogP contribution in [0.4, 0.5) is 15.8 Å². The van der Waals surface area contributed by atoms with Crippen molar-refractivity contribution in [1.29, 1.82) is 0 Å². The Morgan fingerprint density at radius 1 is 1.32 bits per heavy atom. The molecule has 0 saturated carbocycles. The lowest BCUT2D eigenvalue weighted by molar-refractivity contribution is 0.626. The Morgan fingerprint density at radius 3 is 2.68 bits per heavy atom. The zero-order chi connectivity index (χ0) is 14.0. The molecule has 0 radical (unpaired) electrons. The van der Waals surface area contributed by atoms with Gasteiger partial charge in [-0.15, -0.1) is 0 Å². The van der Waals surface area contributed by atoms with Gasteiger partial charge in [0.05, 0.1) is 15.2 Å². The Bertz CT molecular complexity index is 649. The molecule has 0 amide bonds. The van der Waals surface area contributed by atoms with E-state index in [0.29, 0.717) is 10.7 Å². The summed E-state index contributed by atoms with van der Waals surface area (Å²) in [7, 11) is 0. The van der Waals surface area contributed by atoms with Gasteiger partial charge < -0.3 is 11.1 Å². The predicted octanol–water partition coefficient (Wildman–Crippen LogP) is 4.62. The van der Waals surface area contributed by atoms with Gasteiger partial charge in [-0.25, -0.2) is 4.39 Å². The number of anilines is 2. The average molecular weight is 360 g/mol. The first-order chi connectivity index (χ1) is 8.99. The van der Waals surface area contributed by atoms with Gasteiger partial charge in [-0.1, -0.05) is 29.9 Å². The van der Waals surface area contributed by atoms with Crippen LogP contribution in [0.3, 0.4) is 0 Å². The molecular weight excluding hydrogens is 351 g/mol. The van der Waals surface area contributed by atoms with E-state index in [2.05, 4.69) is 21.2 Å². The summed E-state index contributed by atoms with van der Waals surface area (Å²) in [5, 5.41) is 3.64. The summed E-state index contributed by atoms with van der Waals surface area (Å²) >= 11 is 14.1. The van der Waals surface area contributed by atoms with Crippen LogP contribution in [-0.2, 0) is 0 Å². The molecular formula is C13H9BrClFN2S. The lowest BCUT2D eigenvalue weighted by Crippen LogP contribution is -2.11. The molecule has 2 nitrogen and oxygen atoms in total. The van der Waals surface area contributed by atoms with Gasteiger partial charge >= 0.3 is 0 Å². The molecule has 19 heavy (non-hydrogen) atoms. The second-order valence-corrected chi connectivity index (χ2v) is 5.43. The van der Waals surface area contributed by atoms with Gasteiger partial charge in [0.25, 0.3) is 0 Å². The number of rotatable bonds is 3. The van der Waals surface area contributed by atoms with Crippen LogP contribution in [0.5, 0.6) is 0 Å². The monoisotopic (exact) mass is 358 g/mol. The summed E-state index contributed by atoms with van der Waals surface area (Å²) < 4.78 is 14.5. The summed E-state index contributed by atoms with van der Waals surface area (Å²) in [4.78, 5) is 0.0352. The van der Waals surface area contributed by atoms with Crippen LogP contribution < -0.4 is 11.1 Å². The quantitative estimate of drug-likeness (QED) is 0.785. The Morgan fingerprint density at radius 2 is 2.05 bits per heavy atom. The predicted molar refractivity (Wildman–Crippen MR) is 84.7 cm³/mol. The second-order valence-electron chi connectivity index (χ2n) is 3.79. The summed E-state index contributed by atoms with van der Waals surface area (Å²) in [6.07, 6.45) is 0. The third-order valence-corrected chi connectivity index (χ3v) is 4.08. The van der Waals surface area contributed by atoms with E-state index in [4.69, 9.17) is 29.6 Å². The maximum atomic E-state index is 13.7. The first kappa shape index (κ1) is 14.2. The lowest BCUT2D eigenvalue weighted by Gasteiger charge is -2.10. The van der Waals surface area contributed by atoms with Crippen molar-refractivity contribution < 1.29 is 4.39 Å². The van der Waals surface area contributed by atoms with Gasteiger partial charge in [-0.05, 0) is 46.3 Å². The van der Waals surface area contributed by atoms with Crippen molar-refractivity contribution in [2.45, 2.75) is 0 Å². The van der Waals surface area contributed by atoms with Crippen molar-refractivity contribution in [1.82, 2.24) is 0 Å². The fourth-order valence-electron chi connectivity index (χ4n) is 1.55. The smallest absolute Gasteiger partial charge is 0.135 e. The van der Waals surface area contributed by atoms with E-state index >= 15 is 0 Å². The average Bonchev–Trinajstić information content (AvgIpc) is 2.34. The van der Waals surface area contributed by atoms with Gasteiger partial charge in [0, 0.05) is 11.3 Å². The first-order valence-corrected chi connectivity index (χ1v) is 6.87. The SMILES string of the molecule is NC(=S)c1ccc(Nc2cccc(Cl)c2Br)cc1F. The molecule has 0 unspecified atom stereocenters. The van der Waals surface area contributed by atoms with Gasteiger partial charge in [0.2, 0.25) is 0 Å². The molecule has 3 N–H and O–H groups in total. The minimum atomic E-state index is -0.462. The molecule has 0 heterocycles. The van der Waals surface area contributed by atoms with E-state index in [1.54, 1.807) is 24.3 Å². The van der Waals surface area contributed by atoms with E-state index < -0.39 is 5.82 Å². The fraction of sp³-hybridized carbons (Fsp3) is 0. The maximum absolute atomic E-state index is 13.7. The van der Waals surface area contributed by atoms with E-state index in [-0.39, 0.29) is 10.6 Å². The highest BCUT2D eigenvalue weighted by atomic mass is 79.9. The minimum absolute atomic E-state index is 0.0352. The molecule has 2 aromatic rings. The van der Waals surface area contributed by atoms with Crippen LogP contribution >= 0.6 is 39.7 Å². The van der Waals surface area contributed by atoms with Crippen molar-refractivity contribution in [2.75, 3.05) is 5.32 Å². The van der Waals surface area contributed by atoms with Gasteiger partial charge in [0.15, 0.2) is 0 Å². The first-order valence-electron chi connectivity index (χ1n) is 5.29. The maximum Gasteiger partial charge on any atom is 0.135 e. The van der Waals surface area contributed by atoms with Crippen LogP contribution in [0.1, 0.15) is 5.56 Å². The summed E-state index contributed by atoms with van der Waals surface area (Å²) in [5.74, 6) is -0.462. The molecule has 2 rings (SSSR count). The molecule has 98 valence electrons. The molecule has 6 heteroatoms. The number of thiocarbonyl (C=S) groups is 1. The number of hydrogen-bond acceptors (Lipinski definition) is 2. The molecule has 0 saturated heterocycles. The van der Waals surface area contributed by atoms with Crippen LogP contribution in [0.2, 0.25) is 5.02 Å². The molecule has 0 bridgehead atoms. The third-order valence-electron chi connectivity index (χ3n) is 2.47. The minimum Gasteiger partial charge on any atom is -0.389 e. The molecule has 0 fully saturated rings. The van der Waals surface area contributed by atoms with Crippen molar-refractivity contribution in [3.63, 3.8) is 0 Å². The number of nitrogens with two attached hydrogens (primary N) is 1. The number of halogens is 3. The van der Waals surface area contributed by atoms with E-state index in [9.17, 15) is 4.39 Å². The Labute approximate surface area is 128 Å². The number of nitrogens with one attached hydrogen (secondary N) is 1. The molecule has 0 atom stereocenters. The third kappa shape index (κ3) is 3.23. The van der Waals surface area contributed by atoms with E-state index in [1.165, 1.54) is 6.07 Å². The zero-order valence-electron chi connectivity index (χ0n) is 9.58. The molecule has 0 aliphatic rings. The van der Waals surface area contributed by atoms with E-state index in [1.807, 2.05) is 6.07 Å². The molecule has 0 aromatic heterocycles. The number of hydrogen-bond donors (Lipinski definition) is 2. The fourth-order valence-corrected chi connectivity index (χ4v) is 2.25. The highest BCUT2D eigenvalue weighted by molar-refractivity contribution is 9.10. The van der Waals surface area contributed by atoms with Gasteiger partial charge in [-0.3, -0.25) is 0 Å². The Hall–Kier alpha value is -1.17. The summed E-state index contributed by atoms with van der Waals surface area (Å²) in [5.41, 5.74) is 6.96. The zero-order valence-corrected chi connectivity index (χ0v) is 12.7. The van der Waals surface area contributed by atoms with Crippen molar-refractivity contribution in [3.8, 4) is 0 Å². The highest BCUT2D eigenvalue weighted by Gasteiger charge is 2.08. The van der Waals surface area contributed by atoms with Crippen molar-refractivity contribution in [2.24, 2.45) is 5.73 Å². The lowest BCUT2D eigenvalue weighted by atomic mass is 10.2. The molecule has 0 aliphatic heterocycles. The molecule has 0 aliphatic carbocycles. The highest BCUT2D eigenvalue weighted by Crippen LogP contribution is 2.32. The Balaban J connectivity index is 2.32. The molecule has 0 spiro atoms. The van der Waals surface area contributed by atoms with Crippen LogP contribution in [0.15, 0.2) is 40.9 Å². The van der Waals surface area contributed by atoms with Gasteiger partial charge in [-0.2, -0.15) is 0 Å².